The molecular weight excluding hydrogens is 369 g/mol. The van der Waals surface area contributed by atoms with Gasteiger partial charge >= 0.3 is 0 Å². The Kier molecular flexibility index (Phi) is 5.74. The molecule has 0 amide bonds. The Bertz CT molecular complexity index is 942. The second kappa shape index (κ2) is 8.77. The first-order valence-corrected chi connectivity index (χ1v) is 9.67. The zero-order valence-electron chi connectivity index (χ0n) is 16.4. The molecule has 0 unspecified atom stereocenters. The van der Waals surface area contributed by atoms with Crippen LogP contribution < -0.4 is 19.9 Å². The van der Waals surface area contributed by atoms with Crippen LogP contribution in [0.1, 0.15) is 5.56 Å². The van der Waals surface area contributed by atoms with Gasteiger partial charge in [-0.3, -0.25) is 0 Å². The van der Waals surface area contributed by atoms with Gasteiger partial charge in [0.1, 0.15) is 17.4 Å². The third-order valence-electron chi connectivity index (χ3n) is 5.02. The second-order valence-electron chi connectivity index (χ2n) is 6.87. The highest BCUT2D eigenvalue weighted by atomic mass is 19.1. The molecule has 1 saturated heterocycles. The van der Waals surface area contributed by atoms with E-state index in [0.717, 1.165) is 49.0 Å². The number of anilines is 3. The molecule has 0 saturated carbocycles. The lowest BCUT2D eigenvalue weighted by molar-refractivity contribution is 0.413. The Morgan fingerprint density at radius 1 is 0.966 bits per heavy atom. The number of methoxy groups -OCH3 is 1. The normalized spacial score (nSPS) is 14.0. The predicted octanol–water partition coefficient (Wildman–Crippen LogP) is 3.56. The molecular formula is C22H24FN5O. The summed E-state index contributed by atoms with van der Waals surface area (Å²) in [6, 6.07) is 16.4. The molecule has 0 aliphatic carbocycles. The highest BCUT2D eigenvalue weighted by Crippen LogP contribution is 2.28. The van der Waals surface area contributed by atoms with Gasteiger partial charge in [0, 0.05) is 38.9 Å². The van der Waals surface area contributed by atoms with Crippen molar-refractivity contribution in [2.24, 2.45) is 0 Å². The third kappa shape index (κ3) is 4.56. The molecule has 2 heterocycles. The zero-order valence-corrected chi connectivity index (χ0v) is 16.4. The lowest BCUT2D eigenvalue weighted by Gasteiger charge is -2.36. The van der Waals surface area contributed by atoms with Crippen molar-refractivity contribution in [2.45, 2.75) is 6.54 Å². The molecule has 1 N–H and O–H groups in total. The number of para-hydroxylation sites is 2. The van der Waals surface area contributed by atoms with E-state index in [1.54, 1.807) is 25.4 Å². The SMILES string of the molecule is COc1ccccc1N1CCN(c2nccc(NCc3ccc(F)cc3)n2)CC1. The molecule has 1 aromatic heterocycles. The number of hydrogen-bond donors (Lipinski definition) is 1. The summed E-state index contributed by atoms with van der Waals surface area (Å²) in [5, 5.41) is 3.28. The van der Waals surface area contributed by atoms with Crippen LogP contribution in [0.2, 0.25) is 0 Å². The monoisotopic (exact) mass is 393 g/mol. The average molecular weight is 393 g/mol. The van der Waals surface area contributed by atoms with Crippen molar-refractivity contribution in [3.63, 3.8) is 0 Å². The first kappa shape index (κ1) is 19.0. The number of ether oxygens (including phenoxy) is 1. The Balaban J connectivity index is 1.37. The highest BCUT2D eigenvalue weighted by molar-refractivity contribution is 5.59. The van der Waals surface area contributed by atoms with Crippen molar-refractivity contribution in [1.82, 2.24) is 9.97 Å². The standard InChI is InChI=1S/C22H24FN5O/c1-29-20-5-3-2-4-19(20)27-12-14-28(15-13-27)22-24-11-10-21(26-22)25-16-17-6-8-18(23)9-7-17/h2-11H,12-16H2,1H3,(H,24,25,26). The van der Waals surface area contributed by atoms with E-state index in [-0.39, 0.29) is 5.82 Å². The summed E-state index contributed by atoms with van der Waals surface area (Å²) >= 11 is 0. The molecule has 150 valence electrons. The number of halogens is 1. The molecule has 0 radical (unpaired) electrons. The summed E-state index contributed by atoms with van der Waals surface area (Å²) < 4.78 is 18.5. The van der Waals surface area contributed by atoms with E-state index in [0.29, 0.717) is 12.5 Å². The van der Waals surface area contributed by atoms with Crippen molar-refractivity contribution in [3.05, 3.63) is 72.2 Å². The fraction of sp³-hybridized carbons (Fsp3) is 0.273. The first-order valence-electron chi connectivity index (χ1n) is 9.67. The minimum absolute atomic E-state index is 0.231. The predicted molar refractivity (Wildman–Crippen MR) is 113 cm³/mol. The van der Waals surface area contributed by atoms with Crippen LogP contribution >= 0.6 is 0 Å². The molecule has 1 aliphatic rings. The van der Waals surface area contributed by atoms with Crippen LogP contribution in [0.25, 0.3) is 0 Å². The molecule has 4 rings (SSSR count). The fourth-order valence-corrected chi connectivity index (χ4v) is 3.43. The second-order valence-corrected chi connectivity index (χ2v) is 6.87. The molecule has 0 spiro atoms. The maximum atomic E-state index is 13.0. The van der Waals surface area contributed by atoms with Crippen LogP contribution in [0.5, 0.6) is 5.75 Å². The van der Waals surface area contributed by atoms with Crippen LogP contribution in [-0.2, 0) is 6.54 Å². The molecule has 0 atom stereocenters. The summed E-state index contributed by atoms with van der Waals surface area (Å²) in [4.78, 5) is 13.6. The quantitative estimate of drug-likeness (QED) is 0.691. The van der Waals surface area contributed by atoms with Crippen LogP contribution in [-0.4, -0.2) is 43.3 Å². The van der Waals surface area contributed by atoms with Gasteiger partial charge in [0.25, 0.3) is 0 Å². The van der Waals surface area contributed by atoms with Gasteiger partial charge in [-0.15, -0.1) is 0 Å². The van der Waals surface area contributed by atoms with Crippen molar-refractivity contribution < 1.29 is 9.13 Å². The van der Waals surface area contributed by atoms with Crippen molar-refractivity contribution in [3.8, 4) is 5.75 Å². The average Bonchev–Trinajstić information content (AvgIpc) is 2.79. The third-order valence-corrected chi connectivity index (χ3v) is 5.02. The smallest absolute Gasteiger partial charge is 0.227 e. The van der Waals surface area contributed by atoms with Crippen LogP contribution in [0.15, 0.2) is 60.8 Å². The molecule has 0 bridgehead atoms. The summed E-state index contributed by atoms with van der Waals surface area (Å²) in [6.07, 6.45) is 1.77. The van der Waals surface area contributed by atoms with Gasteiger partial charge in [0.05, 0.1) is 12.8 Å². The topological polar surface area (TPSA) is 53.5 Å². The number of aromatic nitrogens is 2. The molecule has 29 heavy (non-hydrogen) atoms. The van der Waals surface area contributed by atoms with Gasteiger partial charge in [0.15, 0.2) is 0 Å². The van der Waals surface area contributed by atoms with E-state index in [4.69, 9.17) is 4.74 Å². The Labute approximate surface area is 170 Å². The minimum Gasteiger partial charge on any atom is -0.495 e. The first-order chi connectivity index (χ1) is 14.2. The highest BCUT2D eigenvalue weighted by Gasteiger charge is 2.21. The molecule has 6 nitrogen and oxygen atoms in total. The summed E-state index contributed by atoms with van der Waals surface area (Å²) in [6.45, 7) is 3.99. The van der Waals surface area contributed by atoms with Gasteiger partial charge in [0.2, 0.25) is 5.95 Å². The van der Waals surface area contributed by atoms with E-state index in [1.165, 1.54) is 12.1 Å². The molecule has 2 aromatic carbocycles. The van der Waals surface area contributed by atoms with Gasteiger partial charge in [-0.25, -0.2) is 9.37 Å². The van der Waals surface area contributed by atoms with Crippen LogP contribution in [0.4, 0.5) is 21.8 Å². The maximum Gasteiger partial charge on any atom is 0.227 e. The van der Waals surface area contributed by atoms with Crippen molar-refractivity contribution >= 4 is 17.5 Å². The van der Waals surface area contributed by atoms with Crippen LogP contribution in [0, 0.1) is 5.82 Å². The zero-order chi connectivity index (χ0) is 20.1. The van der Waals surface area contributed by atoms with E-state index in [1.807, 2.05) is 24.3 Å². The number of rotatable bonds is 6. The van der Waals surface area contributed by atoms with E-state index in [9.17, 15) is 4.39 Å². The van der Waals surface area contributed by atoms with Gasteiger partial charge in [-0.05, 0) is 35.9 Å². The summed E-state index contributed by atoms with van der Waals surface area (Å²) in [5.41, 5.74) is 2.11. The van der Waals surface area contributed by atoms with Gasteiger partial charge in [-0.2, -0.15) is 4.98 Å². The van der Waals surface area contributed by atoms with Crippen molar-refractivity contribution in [2.75, 3.05) is 48.4 Å². The molecule has 3 aromatic rings. The van der Waals surface area contributed by atoms with E-state index in [2.05, 4.69) is 31.2 Å². The largest absolute Gasteiger partial charge is 0.495 e. The lowest BCUT2D eigenvalue weighted by atomic mass is 10.2. The summed E-state index contributed by atoms with van der Waals surface area (Å²) in [7, 11) is 1.70. The van der Waals surface area contributed by atoms with E-state index < -0.39 is 0 Å². The van der Waals surface area contributed by atoms with Gasteiger partial charge in [-0.1, -0.05) is 24.3 Å². The lowest BCUT2D eigenvalue weighted by Crippen LogP contribution is -2.47. The molecule has 7 heteroatoms. The van der Waals surface area contributed by atoms with Gasteiger partial charge < -0.3 is 19.9 Å². The fourth-order valence-electron chi connectivity index (χ4n) is 3.43. The number of nitrogens with one attached hydrogen (secondary N) is 1. The number of piperazine rings is 1. The van der Waals surface area contributed by atoms with Crippen molar-refractivity contribution in [1.29, 1.82) is 0 Å². The number of benzene rings is 2. The minimum atomic E-state index is -0.231. The Morgan fingerprint density at radius 2 is 1.69 bits per heavy atom. The Hall–Kier alpha value is -3.35. The van der Waals surface area contributed by atoms with E-state index >= 15 is 0 Å². The maximum absolute atomic E-state index is 13.0. The van der Waals surface area contributed by atoms with Crippen LogP contribution in [0.3, 0.4) is 0 Å². The number of hydrogen-bond acceptors (Lipinski definition) is 6. The Morgan fingerprint density at radius 3 is 2.45 bits per heavy atom. The molecule has 1 aliphatic heterocycles. The molecule has 1 fully saturated rings. The summed E-state index contributed by atoms with van der Waals surface area (Å²) in [5.74, 6) is 2.13. The number of nitrogens with zero attached hydrogens (tertiary/aromatic N) is 4.